The van der Waals surface area contributed by atoms with Crippen LogP contribution in [0, 0.1) is 0 Å². The van der Waals surface area contributed by atoms with Crippen LogP contribution >= 0.6 is 0 Å². The van der Waals surface area contributed by atoms with Crippen LogP contribution in [0.2, 0.25) is 0 Å². The summed E-state index contributed by atoms with van der Waals surface area (Å²) in [6.45, 7) is 0.805. The molecule has 2 fully saturated rings. The van der Waals surface area contributed by atoms with E-state index in [0.29, 0.717) is 47.9 Å². The zero-order chi connectivity index (χ0) is 24.8. The summed E-state index contributed by atoms with van der Waals surface area (Å²) in [6, 6.07) is 3.34. The Labute approximate surface area is 190 Å². The smallest absolute Gasteiger partial charge is 0.328 e. The fourth-order valence-corrected chi connectivity index (χ4v) is 5.88. The highest BCUT2D eigenvalue weighted by Crippen LogP contribution is 2.60. The van der Waals surface area contributed by atoms with E-state index in [9.17, 15) is 29.4 Å². The van der Waals surface area contributed by atoms with Gasteiger partial charge in [0.1, 0.15) is 23.2 Å². The number of carbonyl (C=O) groups is 4. The van der Waals surface area contributed by atoms with E-state index in [-0.39, 0.29) is 29.6 Å². The number of carboxylic acid groups (broad SMARTS) is 2. The monoisotopic (exact) mass is 461 g/mol. The highest BCUT2D eigenvalue weighted by molar-refractivity contribution is 5.96. The van der Waals surface area contributed by atoms with Crippen molar-refractivity contribution in [3.05, 3.63) is 41.0 Å². The van der Waals surface area contributed by atoms with Gasteiger partial charge in [-0.05, 0) is 18.1 Å². The Morgan fingerprint density at radius 1 is 1.12 bits per heavy atom. The quantitative estimate of drug-likeness (QED) is 0.316. The molecule has 0 unspecified atom stereocenters. The molecular formula is C23H29N2O8+. The molecule has 0 spiro atoms. The number of phenols is 1. The second-order valence-electron chi connectivity index (χ2n) is 9.56. The highest BCUT2D eigenvalue weighted by atomic mass is 16.4. The van der Waals surface area contributed by atoms with Gasteiger partial charge in [-0.2, -0.15) is 0 Å². The standard InChI is InChI=1S/C19H24N2O4.C4H4O4/c1-21(2)8-7-18-10-12(22)5-6-19(18,25)14(21)9-11-3-4-13(17(20)24)16(23)15(11)18;5-3(6)1-2-4(7)8/h3-4,14,25H,5-10H2,1-2H3,(H2-,20,23,24);1-2H,(H,5,6)(H,7,8)/p+1/b;2-1+/t14-,18-,19-;/m1./s1. The van der Waals surface area contributed by atoms with E-state index >= 15 is 0 Å². The summed E-state index contributed by atoms with van der Waals surface area (Å²) < 4.78 is 0.685. The molecule has 3 aliphatic rings. The summed E-state index contributed by atoms with van der Waals surface area (Å²) in [6.07, 6.45) is 3.30. The molecule has 4 rings (SSSR count). The first-order valence-electron chi connectivity index (χ1n) is 10.6. The minimum Gasteiger partial charge on any atom is -0.507 e. The number of primary amides is 1. The fraction of sp³-hybridized carbons (Fsp3) is 0.478. The maximum atomic E-state index is 12.4. The molecule has 1 aliphatic heterocycles. The number of amides is 1. The minimum atomic E-state index is -1.26. The number of fused-ring (bicyclic) bond motifs is 1. The number of ketones is 1. The molecule has 3 atom stereocenters. The number of aliphatic hydroxyl groups is 1. The minimum absolute atomic E-state index is 0.0410. The van der Waals surface area contributed by atoms with Crippen molar-refractivity contribution in [3.8, 4) is 5.75 Å². The average Bonchev–Trinajstić information content (AvgIpc) is 2.70. The number of nitrogens with two attached hydrogens (primary N) is 1. The largest absolute Gasteiger partial charge is 0.507 e. The number of nitrogens with zero attached hydrogens (tertiary/aromatic N) is 1. The number of benzene rings is 1. The Kier molecular flexibility index (Phi) is 6.12. The molecule has 2 bridgehead atoms. The molecule has 1 heterocycles. The number of piperidine rings is 1. The lowest BCUT2D eigenvalue weighted by molar-refractivity contribution is -0.931. The third-order valence-corrected chi connectivity index (χ3v) is 7.41. The molecule has 1 saturated heterocycles. The van der Waals surface area contributed by atoms with Crippen molar-refractivity contribution in [2.24, 2.45) is 5.73 Å². The zero-order valence-electron chi connectivity index (χ0n) is 18.6. The first-order chi connectivity index (χ1) is 15.2. The van der Waals surface area contributed by atoms with Crippen LogP contribution in [0.1, 0.15) is 47.2 Å². The van der Waals surface area contributed by atoms with Crippen molar-refractivity contribution in [2.75, 3.05) is 20.6 Å². The van der Waals surface area contributed by atoms with E-state index in [0.717, 1.165) is 12.1 Å². The number of aromatic hydroxyl groups is 1. The Balaban J connectivity index is 0.000000331. The number of likely N-dealkylation sites (N-methyl/N-ethyl adjacent to an activating group) is 1. The van der Waals surface area contributed by atoms with E-state index < -0.39 is 28.9 Å². The van der Waals surface area contributed by atoms with Crippen LogP contribution in [0.3, 0.4) is 0 Å². The molecule has 1 amide bonds. The SMILES string of the molecule is C[N+]1(C)CC[C@]23CC(=O)CC[C@@]2(O)[C@H]1Cc1ccc(C(N)=O)c(O)c13.O=C(O)/C=C/C(=O)O. The van der Waals surface area contributed by atoms with Crippen LogP contribution in [-0.4, -0.2) is 80.8 Å². The normalized spacial score (nSPS) is 29.3. The molecule has 1 aromatic rings. The maximum Gasteiger partial charge on any atom is 0.328 e. The molecule has 0 aromatic heterocycles. The molecule has 0 radical (unpaired) electrons. The second-order valence-corrected chi connectivity index (χ2v) is 9.56. The van der Waals surface area contributed by atoms with Gasteiger partial charge in [0.2, 0.25) is 0 Å². The van der Waals surface area contributed by atoms with Gasteiger partial charge in [0.05, 0.1) is 26.2 Å². The number of rotatable bonds is 3. The lowest BCUT2D eigenvalue weighted by atomic mass is 9.48. The summed E-state index contributed by atoms with van der Waals surface area (Å²) in [5, 5.41) is 38.3. The third kappa shape index (κ3) is 4.00. The number of aliphatic carboxylic acids is 2. The molecule has 2 aliphatic carbocycles. The van der Waals surface area contributed by atoms with E-state index in [1.807, 2.05) is 6.07 Å². The topological polar surface area (TPSA) is 175 Å². The first kappa shape index (κ1) is 24.4. The van der Waals surface area contributed by atoms with Crippen LogP contribution < -0.4 is 5.73 Å². The Morgan fingerprint density at radius 3 is 2.27 bits per heavy atom. The van der Waals surface area contributed by atoms with Crippen LogP contribution in [0.5, 0.6) is 5.75 Å². The molecule has 10 heteroatoms. The van der Waals surface area contributed by atoms with E-state index in [1.165, 1.54) is 0 Å². The molecule has 1 saturated carbocycles. The predicted molar refractivity (Wildman–Crippen MR) is 116 cm³/mol. The summed E-state index contributed by atoms with van der Waals surface area (Å²) in [7, 11) is 4.23. The number of carboxylic acids is 2. The lowest BCUT2D eigenvalue weighted by Crippen LogP contribution is -2.77. The van der Waals surface area contributed by atoms with Gasteiger partial charge in [-0.25, -0.2) is 9.59 Å². The first-order valence-corrected chi connectivity index (χ1v) is 10.6. The predicted octanol–water partition coefficient (Wildman–Crippen LogP) is 0.330. The van der Waals surface area contributed by atoms with Gasteiger partial charge in [0.25, 0.3) is 5.91 Å². The van der Waals surface area contributed by atoms with Crippen molar-refractivity contribution in [1.82, 2.24) is 0 Å². The zero-order valence-corrected chi connectivity index (χ0v) is 18.6. The number of hydrogen-bond donors (Lipinski definition) is 5. The van der Waals surface area contributed by atoms with Crippen molar-refractivity contribution >= 4 is 23.6 Å². The molecule has 6 N–H and O–H groups in total. The number of likely N-dealkylation sites (tertiary alicyclic amines) is 1. The van der Waals surface area contributed by atoms with Gasteiger partial charge in [-0.1, -0.05) is 6.07 Å². The van der Waals surface area contributed by atoms with Crippen LogP contribution in [0.4, 0.5) is 0 Å². The van der Waals surface area contributed by atoms with Gasteiger partial charge in [-0.15, -0.1) is 0 Å². The van der Waals surface area contributed by atoms with Crippen LogP contribution in [0.25, 0.3) is 0 Å². The molecule has 33 heavy (non-hydrogen) atoms. The number of carbonyl (C=O) groups excluding carboxylic acids is 2. The third-order valence-electron chi connectivity index (χ3n) is 7.41. The van der Waals surface area contributed by atoms with Crippen molar-refractivity contribution < 1.29 is 44.1 Å². The highest BCUT2D eigenvalue weighted by Gasteiger charge is 2.69. The number of hydrogen-bond acceptors (Lipinski definition) is 6. The van der Waals surface area contributed by atoms with Crippen molar-refractivity contribution in [1.29, 1.82) is 0 Å². The number of quaternary nitrogens is 1. The van der Waals surface area contributed by atoms with Gasteiger partial charge in [0.15, 0.2) is 0 Å². The van der Waals surface area contributed by atoms with E-state index in [4.69, 9.17) is 15.9 Å². The average molecular weight is 461 g/mol. The van der Waals surface area contributed by atoms with Gasteiger partial charge in [0, 0.05) is 48.8 Å². The number of Topliss-reactive ketones (excluding diaryl/α,β-unsaturated/α-hetero) is 1. The molecular weight excluding hydrogens is 432 g/mol. The summed E-state index contributed by atoms with van der Waals surface area (Å²) in [5.41, 5.74) is 5.07. The van der Waals surface area contributed by atoms with Crippen molar-refractivity contribution in [2.45, 2.75) is 49.2 Å². The molecule has 10 nitrogen and oxygen atoms in total. The fourth-order valence-electron chi connectivity index (χ4n) is 5.88. The van der Waals surface area contributed by atoms with E-state index in [1.54, 1.807) is 6.07 Å². The van der Waals surface area contributed by atoms with Gasteiger partial charge < -0.3 is 30.6 Å². The van der Waals surface area contributed by atoms with Gasteiger partial charge >= 0.3 is 11.9 Å². The maximum absolute atomic E-state index is 12.4. The second kappa shape index (κ2) is 8.27. The van der Waals surface area contributed by atoms with Crippen LogP contribution in [-0.2, 0) is 26.2 Å². The van der Waals surface area contributed by atoms with Crippen LogP contribution in [0.15, 0.2) is 24.3 Å². The molecule has 178 valence electrons. The summed E-state index contributed by atoms with van der Waals surface area (Å²) >= 11 is 0. The molecule has 1 aromatic carbocycles. The Hall–Kier alpha value is -3.24. The Morgan fingerprint density at radius 2 is 1.73 bits per heavy atom. The van der Waals surface area contributed by atoms with Gasteiger partial charge in [-0.3, -0.25) is 9.59 Å². The van der Waals surface area contributed by atoms with E-state index in [2.05, 4.69) is 14.1 Å². The van der Waals surface area contributed by atoms with Crippen molar-refractivity contribution in [3.63, 3.8) is 0 Å². The Bertz CT molecular complexity index is 1050. The summed E-state index contributed by atoms with van der Waals surface area (Å²) in [4.78, 5) is 43.2. The lowest BCUT2D eigenvalue weighted by Gasteiger charge is -2.64. The summed E-state index contributed by atoms with van der Waals surface area (Å²) in [5.74, 6) is -3.26.